The van der Waals surface area contributed by atoms with E-state index in [1.54, 1.807) is 25.1 Å². The molecule has 1 aromatic carbocycles. The number of phenols is 1. The zero-order chi connectivity index (χ0) is 14.3. The number of nitrogens with one attached hydrogen (secondary N) is 1. The molecule has 0 radical (unpaired) electrons. The number of ether oxygens (including phenoxy) is 1. The van der Waals surface area contributed by atoms with E-state index in [4.69, 9.17) is 9.84 Å². The first-order valence-electron chi connectivity index (χ1n) is 5.88. The van der Waals surface area contributed by atoms with E-state index in [9.17, 15) is 14.7 Å². The molecule has 0 aliphatic heterocycles. The molecule has 1 rings (SSSR count). The van der Waals surface area contributed by atoms with Gasteiger partial charge in [-0.3, -0.25) is 9.59 Å². The zero-order valence-corrected chi connectivity index (χ0v) is 10.6. The highest BCUT2D eigenvalue weighted by atomic mass is 16.5. The monoisotopic (exact) mass is 267 g/mol. The van der Waals surface area contributed by atoms with Gasteiger partial charge in [0.05, 0.1) is 0 Å². The van der Waals surface area contributed by atoms with Crippen LogP contribution in [-0.2, 0) is 9.59 Å². The van der Waals surface area contributed by atoms with Crippen LogP contribution >= 0.6 is 0 Å². The van der Waals surface area contributed by atoms with Gasteiger partial charge < -0.3 is 20.3 Å². The summed E-state index contributed by atoms with van der Waals surface area (Å²) in [5, 5.41) is 20.6. The maximum Gasteiger partial charge on any atom is 0.303 e. The summed E-state index contributed by atoms with van der Waals surface area (Å²) < 4.78 is 5.13. The minimum Gasteiger partial charge on any atom is -0.504 e. The molecule has 1 atom stereocenters. The SMILES string of the molecule is CC(CNC(=O)COc1ccccc1O)CC(=O)O. The second kappa shape index (κ2) is 7.25. The van der Waals surface area contributed by atoms with Crippen LogP contribution in [0.25, 0.3) is 0 Å². The Hall–Kier alpha value is -2.24. The van der Waals surface area contributed by atoms with E-state index < -0.39 is 5.97 Å². The molecule has 0 saturated heterocycles. The number of carboxylic acids is 1. The van der Waals surface area contributed by atoms with Crippen molar-refractivity contribution in [3.05, 3.63) is 24.3 Å². The number of carbonyl (C=O) groups is 2. The Kier molecular flexibility index (Phi) is 5.66. The Bertz CT molecular complexity index is 446. The summed E-state index contributed by atoms with van der Waals surface area (Å²) in [4.78, 5) is 21.9. The molecule has 0 aliphatic carbocycles. The molecule has 6 nitrogen and oxygen atoms in total. The third-order valence-corrected chi connectivity index (χ3v) is 2.39. The van der Waals surface area contributed by atoms with Crippen molar-refractivity contribution in [1.29, 1.82) is 0 Å². The number of benzene rings is 1. The fourth-order valence-corrected chi connectivity index (χ4v) is 1.43. The molecule has 0 spiro atoms. The molecule has 1 amide bonds. The first-order valence-corrected chi connectivity index (χ1v) is 5.88. The third-order valence-electron chi connectivity index (χ3n) is 2.39. The van der Waals surface area contributed by atoms with Gasteiger partial charge in [0.2, 0.25) is 0 Å². The molecule has 19 heavy (non-hydrogen) atoms. The van der Waals surface area contributed by atoms with E-state index in [-0.39, 0.29) is 42.9 Å². The zero-order valence-electron chi connectivity index (χ0n) is 10.6. The summed E-state index contributed by atoms with van der Waals surface area (Å²) in [5.74, 6) is -1.20. The lowest BCUT2D eigenvalue weighted by molar-refractivity contribution is -0.138. The molecule has 1 unspecified atom stereocenters. The van der Waals surface area contributed by atoms with Crippen molar-refractivity contribution in [2.45, 2.75) is 13.3 Å². The number of carbonyl (C=O) groups excluding carboxylic acids is 1. The standard InChI is InChI=1S/C13H17NO5/c1-9(6-13(17)18)7-14-12(16)8-19-11-5-3-2-4-10(11)15/h2-5,9,15H,6-8H2,1H3,(H,14,16)(H,17,18). The molecule has 0 aliphatic rings. The van der Waals surface area contributed by atoms with Crippen LogP contribution in [0.2, 0.25) is 0 Å². The van der Waals surface area contributed by atoms with Gasteiger partial charge >= 0.3 is 5.97 Å². The number of aromatic hydroxyl groups is 1. The highest BCUT2D eigenvalue weighted by Gasteiger charge is 2.10. The Labute approximate surface area is 111 Å². The molecule has 1 aromatic rings. The van der Waals surface area contributed by atoms with Crippen molar-refractivity contribution in [3.8, 4) is 11.5 Å². The van der Waals surface area contributed by atoms with E-state index in [1.807, 2.05) is 0 Å². The summed E-state index contributed by atoms with van der Waals surface area (Å²) in [6.07, 6.45) is 0.000606. The fraction of sp³-hybridized carbons (Fsp3) is 0.385. The van der Waals surface area contributed by atoms with Crippen LogP contribution in [0, 0.1) is 5.92 Å². The normalized spacial score (nSPS) is 11.6. The maximum absolute atomic E-state index is 11.5. The van der Waals surface area contributed by atoms with E-state index in [0.29, 0.717) is 0 Å². The highest BCUT2D eigenvalue weighted by molar-refractivity contribution is 5.77. The molecule has 0 fully saturated rings. The molecule has 104 valence electrons. The summed E-state index contributed by atoms with van der Waals surface area (Å²) in [6.45, 7) is 1.78. The number of rotatable bonds is 7. The van der Waals surface area contributed by atoms with Gasteiger partial charge in [0.25, 0.3) is 5.91 Å². The largest absolute Gasteiger partial charge is 0.504 e. The third kappa shape index (κ3) is 5.76. The van der Waals surface area contributed by atoms with Crippen LogP contribution in [0.4, 0.5) is 0 Å². The average Bonchev–Trinajstić information content (AvgIpc) is 2.34. The van der Waals surface area contributed by atoms with Gasteiger partial charge in [-0.2, -0.15) is 0 Å². The fourth-order valence-electron chi connectivity index (χ4n) is 1.43. The predicted octanol–water partition coefficient (Wildman–Crippen LogP) is 0.998. The molecule has 0 aromatic heterocycles. The topological polar surface area (TPSA) is 95.9 Å². The van der Waals surface area contributed by atoms with Crippen molar-refractivity contribution in [2.24, 2.45) is 5.92 Å². The van der Waals surface area contributed by atoms with E-state index in [0.717, 1.165) is 0 Å². The van der Waals surface area contributed by atoms with E-state index in [1.165, 1.54) is 6.07 Å². The average molecular weight is 267 g/mol. The van der Waals surface area contributed by atoms with Crippen LogP contribution < -0.4 is 10.1 Å². The van der Waals surface area contributed by atoms with Crippen molar-refractivity contribution < 1.29 is 24.5 Å². The van der Waals surface area contributed by atoms with Gasteiger partial charge in [0.1, 0.15) is 0 Å². The quantitative estimate of drug-likeness (QED) is 0.685. The number of carboxylic acid groups (broad SMARTS) is 1. The van der Waals surface area contributed by atoms with E-state index >= 15 is 0 Å². The molecule has 6 heteroatoms. The number of hydrogen-bond acceptors (Lipinski definition) is 4. The number of phenolic OH excluding ortho intramolecular Hbond substituents is 1. The minimum atomic E-state index is -0.896. The number of hydrogen-bond donors (Lipinski definition) is 3. The molecule has 0 saturated carbocycles. The van der Waals surface area contributed by atoms with Crippen molar-refractivity contribution >= 4 is 11.9 Å². The predicted molar refractivity (Wildman–Crippen MR) is 68.0 cm³/mol. The lowest BCUT2D eigenvalue weighted by Gasteiger charge is -2.11. The van der Waals surface area contributed by atoms with Crippen molar-refractivity contribution in [3.63, 3.8) is 0 Å². The lowest BCUT2D eigenvalue weighted by Crippen LogP contribution is -2.33. The van der Waals surface area contributed by atoms with Crippen molar-refractivity contribution in [1.82, 2.24) is 5.32 Å². The van der Waals surface area contributed by atoms with Crippen LogP contribution in [0.3, 0.4) is 0 Å². The Morgan fingerprint density at radius 3 is 2.68 bits per heavy atom. The van der Waals surface area contributed by atoms with Gasteiger partial charge in [0, 0.05) is 13.0 Å². The smallest absolute Gasteiger partial charge is 0.303 e. The Morgan fingerprint density at radius 2 is 2.05 bits per heavy atom. The van der Waals surface area contributed by atoms with Gasteiger partial charge in [0.15, 0.2) is 18.1 Å². The summed E-state index contributed by atoms with van der Waals surface area (Å²) in [7, 11) is 0. The number of amides is 1. The molecular weight excluding hydrogens is 250 g/mol. The number of aliphatic carboxylic acids is 1. The summed E-state index contributed by atoms with van der Waals surface area (Å²) in [6, 6.07) is 6.34. The summed E-state index contributed by atoms with van der Waals surface area (Å²) >= 11 is 0. The first kappa shape index (κ1) is 14.8. The van der Waals surface area contributed by atoms with Crippen LogP contribution in [0.5, 0.6) is 11.5 Å². The van der Waals surface area contributed by atoms with Crippen LogP contribution in [0.1, 0.15) is 13.3 Å². The lowest BCUT2D eigenvalue weighted by atomic mass is 10.1. The van der Waals surface area contributed by atoms with Gasteiger partial charge in [-0.05, 0) is 18.1 Å². The van der Waals surface area contributed by atoms with E-state index in [2.05, 4.69) is 5.32 Å². The second-order valence-corrected chi connectivity index (χ2v) is 4.26. The molecule has 0 heterocycles. The minimum absolute atomic E-state index is 0.000606. The van der Waals surface area contributed by atoms with Gasteiger partial charge in [-0.15, -0.1) is 0 Å². The van der Waals surface area contributed by atoms with Crippen LogP contribution in [-0.4, -0.2) is 35.2 Å². The highest BCUT2D eigenvalue weighted by Crippen LogP contribution is 2.23. The second-order valence-electron chi connectivity index (χ2n) is 4.26. The molecule has 3 N–H and O–H groups in total. The molecular formula is C13H17NO5. The van der Waals surface area contributed by atoms with Gasteiger partial charge in [-0.25, -0.2) is 0 Å². The van der Waals surface area contributed by atoms with Crippen LogP contribution in [0.15, 0.2) is 24.3 Å². The Morgan fingerprint density at radius 1 is 1.37 bits per heavy atom. The number of para-hydroxylation sites is 2. The maximum atomic E-state index is 11.5. The summed E-state index contributed by atoms with van der Waals surface area (Å²) in [5.41, 5.74) is 0. The van der Waals surface area contributed by atoms with Gasteiger partial charge in [-0.1, -0.05) is 19.1 Å². The first-order chi connectivity index (χ1) is 8.99. The Balaban J connectivity index is 2.29. The molecule has 0 bridgehead atoms. The van der Waals surface area contributed by atoms with Crippen molar-refractivity contribution in [2.75, 3.05) is 13.2 Å².